The van der Waals surface area contributed by atoms with Gasteiger partial charge in [-0.25, -0.2) is 0 Å². The molecule has 1 fully saturated rings. The van der Waals surface area contributed by atoms with E-state index < -0.39 is 18.1 Å². The number of hydrogen-bond acceptors (Lipinski definition) is 3. The number of carbonyl (C=O) groups excluding carboxylic acids is 1. The molecular formula is C19H23F3N4O. The smallest absolute Gasteiger partial charge is 0.339 e. The van der Waals surface area contributed by atoms with E-state index in [1.165, 1.54) is 6.07 Å². The molecule has 2 heterocycles. The maximum Gasteiger partial charge on any atom is 0.408 e. The molecule has 0 aliphatic carbocycles. The second kappa shape index (κ2) is 8.56. The number of nitrogens with one attached hydrogen (secondary N) is 2. The van der Waals surface area contributed by atoms with Gasteiger partial charge in [0, 0.05) is 12.7 Å². The van der Waals surface area contributed by atoms with E-state index in [0.717, 1.165) is 31.5 Å². The van der Waals surface area contributed by atoms with Crippen molar-refractivity contribution < 1.29 is 18.0 Å². The number of nitrogens with zero attached hydrogens (tertiary/aromatic N) is 2. The van der Waals surface area contributed by atoms with Crippen LogP contribution in [0.1, 0.15) is 41.4 Å². The lowest BCUT2D eigenvalue weighted by molar-refractivity contribution is -0.154. The maximum absolute atomic E-state index is 13.3. The Balaban J connectivity index is 1.63. The molecule has 0 spiro atoms. The molecule has 2 atom stereocenters. The van der Waals surface area contributed by atoms with E-state index >= 15 is 0 Å². The van der Waals surface area contributed by atoms with Gasteiger partial charge in [0.1, 0.15) is 11.7 Å². The van der Waals surface area contributed by atoms with Gasteiger partial charge in [0.15, 0.2) is 0 Å². The van der Waals surface area contributed by atoms with Gasteiger partial charge < -0.3 is 10.6 Å². The van der Waals surface area contributed by atoms with Gasteiger partial charge >= 0.3 is 6.18 Å². The number of benzene rings is 1. The van der Waals surface area contributed by atoms with Gasteiger partial charge in [0.25, 0.3) is 5.91 Å². The molecule has 1 aliphatic rings. The average molecular weight is 380 g/mol. The number of rotatable bonds is 6. The van der Waals surface area contributed by atoms with Gasteiger partial charge in [-0.15, -0.1) is 0 Å². The third-order valence-corrected chi connectivity index (χ3v) is 4.75. The van der Waals surface area contributed by atoms with E-state index in [4.69, 9.17) is 0 Å². The van der Waals surface area contributed by atoms with E-state index in [9.17, 15) is 18.0 Å². The molecule has 1 aliphatic heterocycles. The fourth-order valence-electron chi connectivity index (χ4n) is 3.23. The number of amides is 1. The van der Waals surface area contributed by atoms with Gasteiger partial charge in [-0.1, -0.05) is 30.3 Å². The van der Waals surface area contributed by atoms with Crippen LogP contribution in [0, 0.1) is 0 Å². The molecule has 0 saturated carbocycles. The number of aromatic nitrogens is 2. The molecule has 2 unspecified atom stereocenters. The van der Waals surface area contributed by atoms with Crippen LogP contribution in [0.2, 0.25) is 0 Å². The average Bonchev–Trinajstić information content (AvgIpc) is 3.16. The van der Waals surface area contributed by atoms with Gasteiger partial charge in [-0.3, -0.25) is 9.48 Å². The van der Waals surface area contributed by atoms with Crippen LogP contribution in [-0.2, 0) is 6.42 Å². The van der Waals surface area contributed by atoms with Crippen molar-refractivity contribution in [3.05, 3.63) is 53.9 Å². The second-order valence-electron chi connectivity index (χ2n) is 6.77. The third-order valence-electron chi connectivity index (χ3n) is 4.75. The normalized spacial score (nSPS) is 18.9. The predicted octanol–water partition coefficient (Wildman–Crippen LogP) is 3.10. The van der Waals surface area contributed by atoms with Crippen molar-refractivity contribution in [3.63, 3.8) is 0 Å². The van der Waals surface area contributed by atoms with Crippen LogP contribution in [0.3, 0.4) is 0 Å². The van der Waals surface area contributed by atoms with E-state index in [2.05, 4.69) is 15.7 Å². The second-order valence-corrected chi connectivity index (χ2v) is 6.77. The van der Waals surface area contributed by atoms with Crippen LogP contribution in [-0.4, -0.2) is 41.0 Å². The van der Waals surface area contributed by atoms with Gasteiger partial charge in [-0.2, -0.15) is 18.3 Å². The van der Waals surface area contributed by atoms with Gasteiger partial charge in [-0.05, 0) is 43.9 Å². The predicted molar refractivity (Wildman–Crippen MR) is 95.4 cm³/mol. The van der Waals surface area contributed by atoms with Crippen molar-refractivity contribution in [3.8, 4) is 0 Å². The summed E-state index contributed by atoms with van der Waals surface area (Å²) in [5.41, 5.74) is 0.810. The minimum absolute atomic E-state index is 0.00883. The Bertz CT molecular complexity index is 739. The highest BCUT2D eigenvalue weighted by Gasteiger charge is 2.40. The topological polar surface area (TPSA) is 59.0 Å². The van der Waals surface area contributed by atoms with E-state index in [1.807, 2.05) is 6.07 Å². The van der Waals surface area contributed by atoms with Crippen molar-refractivity contribution >= 4 is 5.91 Å². The van der Waals surface area contributed by atoms with E-state index in [-0.39, 0.29) is 24.6 Å². The van der Waals surface area contributed by atoms with E-state index in [0.29, 0.717) is 0 Å². The molecule has 5 nitrogen and oxygen atoms in total. The summed E-state index contributed by atoms with van der Waals surface area (Å²) in [6, 6.07) is 8.60. The zero-order valence-electron chi connectivity index (χ0n) is 14.9. The van der Waals surface area contributed by atoms with E-state index in [1.54, 1.807) is 35.1 Å². The molecule has 2 aromatic rings. The lowest BCUT2D eigenvalue weighted by Crippen LogP contribution is -2.45. The highest BCUT2D eigenvalue weighted by atomic mass is 19.4. The largest absolute Gasteiger partial charge is 0.408 e. The first-order valence-electron chi connectivity index (χ1n) is 9.11. The summed E-state index contributed by atoms with van der Waals surface area (Å²) in [5, 5.41) is 9.53. The molecule has 27 heavy (non-hydrogen) atoms. The summed E-state index contributed by atoms with van der Waals surface area (Å²) in [5.74, 6) is -0.798. The number of alkyl halides is 3. The monoisotopic (exact) mass is 380 g/mol. The maximum atomic E-state index is 13.3. The minimum Gasteiger partial charge on any atom is -0.339 e. The standard InChI is InChI=1S/C19H23F3N4O/c20-19(21,22)17(9-8-14-5-2-1-3-6-14)24-18(27)16-10-12-26(25-16)15-7-4-11-23-13-15/h1-3,5-6,10,12,15,17,23H,4,7-9,11,13H2,(H,24,27). The lowest BCUT2D eigenvalue weighted by Gasteiger charge is -2.23. The fraction of sp³-hybridized carbons (Fsp3) is 0.474. The Morgan fingerprint density at radius 3 is 2.74 bits per heavy atom. The molecule has 1 amide bonds. The summed E-state index contributed by atoms with van der Waals surface area (Å²) >= 11 is 0. The summed E-state index contributed by atoms with van der Waals surface area (Å²) in [4.78, 5) is 12.3. The SMILES string of the molecule is O=C(NC(CCc1ccccc1)C(F)(F)F)c1ccn(C2CCCNC2)n1. The molecular weight excluding hydrogens is 357 g/mol. The number of carbonyl (C=O) groups is 1. The Morgan fingerprint density at radius 1 is 1.30 bits per heavy atom. The Hall–Kier alpha value is -2.35. The quantitative estimate of drug-likeness (QED) is 0.810. The zero-order valence-corrected chi connectivity index (χ0v) is 14.9. The van der Waals surface area contributed by atoms with Gasteiger partial charge in [0.05, 0.1) is 6.04 Å². The first kappa shape index (κ1) is 19.4. The first-order valence-corrected chi connectivity index (χ1v) is 9.11. The van der Waals surface area contributed by atoms with Crippen LogP contribution in [0.25, 0.3) is 0 Å². The summed E-state index contributed by atoms with van der Waals surface area (Å²) in [6.07, 6.45) is -0.918. The Labute approximate surface area is 155 Å². The lowest BCUT2D eigenvalue weighted by atomic mass is 10.0. The van der Waals surface area contributed by atoms with Crippen LogP contribution < -0.4 is 10.6 Å². The zero-order chi connectivity index (χ0) is 19.3. The van der Waals surface area contributed by atoms with Crippen molar-refractivity contribution in [2.45, 2.75) is 43.9 Å². The number of hydrogen-bond donors (Lipinski definition) is 2. The molecule has 3 rings (SSSR count). The molecule has 1 aromatic heterocycles. The molecule has 1 saturated heterocycles. The minimum atomic E-state index is -4.51. The van der Waals surface area contributed by atoms with Crippen LogP contribution in [0.5, 0.6) is 0 Å². The highest BCUT2D eigenvalue weighted by molar-refractivity contribution is 5.92. The summed E-state index contributed by atoms with van der Waals surface area (Å²) < 4.78 is 41.7. The van der Waals surface area contributed by atoms with Crippen LogP contribution in [0.4, 0.5) is 13.2 Å². The van der Waals surface area contributed by atoms with Crippen molar-refractivity contribution in [2.24, 2.45) is 0 Å². The van der Waals surface area contributed by atoms with Crippen molar-refractivity contribution in [1.82, 2.24) is 20.4 Å². The molecule has 146 valence electrons. The molecule has 0 radical (unpaired) electrons. The summed E-state index contributed by atoms with van der Waals surface area (Å²) in [6.45, 7) is 1.69. The number of aryl methyl sites for hydroxylation is 1. The Morgan fingerprint density at radius 2 is 2.07 bits per heavy atom. The first-order chi connectivity index (χ1) is 12.9. The molecule has 8 heteroatoms. The molecule has 0 bridgehead atoms. The highest BCUT2D eigenvalue weighted by Crippen LogP contribution is 2.24. The number of piperidine rings is 1. The Kier molecular flexibility index (Phi) is 6.15. The van der Waals surface area contributed by atoms with Crippen molar-refractivity contribution in [2.75, 3.05) is 13.1 Å². The molecule has 2 N–H and O–H groups in total. The molecule has 1 aromatic carbocycles. The number of halogens is 3. The van der Waals surface area contributed by atoms with Crippen molar-refractivity contribution in [1.29, 1.82) is 0 Å². The summed E-state index contributed by atoms with van der Waals surface area (Å²) in [7, 11) is 0. The third kappa shape index (κ3) is 5.32. The fourth-order valence-corrected chi connectivity index (χ4v) is 3.23. The van der Waals surface area contributed by atoms with Gasteiger partial charge in [0.2, 0.25) is 0 Å². The van der Waals surface area contributed by atoms with Crippen LogP contribution >= 0.6 is 0 Å². The van der Waals surface area contributed by atoms with Crippen LogP contribution in [0.15, 0.2) is 42.6 Å².